The first kappa shape index (κ1) is 17.7. The van der Waals surface area contributed by atoms with Gasteiger partial charge in [-0.05, 0) is 74.5 Å². The van der Waals surface area contributed by atoms with Crippen LogP contribution in [-0.4, -0.2) is 39.4 Å². The van der Waals surface area contributed by atoms with Gasteiger partial charge in [-0.3, -0.25) is 4.79 Å². The lowest BCUT2D eigenvalue weighted by molar-refractivity contribution is -0.163. The van der Waals surface area contributed by atoms with Gasteiger partial charge in [-0.15, -0.1) is 0 Å². The number of allylic oxidation sites excluding steroid dienone is 1. The average molecular weight is 348 g/mol. The molecule has 3 fully saturated rings. The quantitative estimate of drug-likeness (QED) is 0.670. The molecule has 3 N–H and O–H groups in total. The van der Waals surface area contributed by atoms with E-state index in [4.69, 9.17) is 0 Å². The Kier molecular flexibility index (Phi) is 3.99. The van der Waals surface area contributed by atoms with E-state index in [1.165, 1.54) is 5.57 Å². The molecule has 0 spiro atoms. The molecule has 3 saturated carbocycles. The third kappa shape index (κ3) is 2.20. The molecule has 0 saturated heterocycles. The van der Waals surface area contributed by atoms with E-state index in [0.717, 1.165) is 44.9 Å². The molecule has 0 heterocycles. The molecule has 4 rings (SSSR count). The summed E-state index contributed by atoms with van der Waals surface area (Å²) in [6.07, 6.45) is 9.17. The summed E-state index contributed by atoms with van der Waals surface area (Å²) in [5.74, 6) is 1.04. The van der Waals surface area contributed by atoms with Crippen LogP contribution in [0.1, 0.15) is 65.2 Å². The predicted molar refractivity (Wildman–Crippen MR) is 94.8 cm³/mol. The maximum absolute atomic E-state index is 12.3. The number of fused-ring (bicyclic) bond motifs is 5. The summed E-state index contributed by atoms with van der Waals surface area (Å²) in [7, 11) is 0. The van der Waals surface area contributed by atoms with Crippen LogP contribution in [0.4, 0.5) is 0 Å². The van der Waals surface area contributed by atoms with Crippen molar-refractivity contribution in [3.05, 3.63) is 11.6 Å². The Labute approximate surface area is 150 Å². The number of carbonyl (C=O) groups is 1. The average Bonchev–Trinajstić information content (AvgIpc) is 2.87. The number of ketones is 1. The first-order valence-corrected chi connectivity index (χ1v) is 10.0. The second-order valence-electron chi connectivity index (χ2n) is 9.59. The molecule has 0 aliphatic heterocycles. The van der Waals surface area contributed by atoms with Crippen molar-refractivity contribution in [2.45, 2.75) is 76.9 Å². The Morgan fingerprint density at radius 2 is 1.88 bits per heavy atom. The molecule has 0 aromatic rings. The summed E-state index contributed by atoms with van der Waals surface area (Å²) in [6.45, 7) is 3.90. The van der Waals surface area contributed by atoms with E-state index in [0.29, 0.717) is 24.2 Å². The monoisotopic (exact) mass is 348 g/mol. The zero-order valence-corrected chi connectivity index (χ0v) is 15.5. The van der Waals surface area contributed by atoms with Crippen LogP contribution in [0.5, 0.6) is 0 Å². The summed E-state index contributed by atoms with van der Waals surface area (Å²) in [6, 6.07) is 0. The molecule has 0 amide bonds. The zero-order chi connectivity index (χ0) is 18.0. The molecule has 7 atom stereocenters. The first-order valence-electron chi connectivity index (χ1n) is 10.0. The lowest BCUT2D eigenvalue weighted by Gasteiger charge is -2.58. The van der Waals surface area contributed by atoms with Crippen molar-refractivity contribution < 1.29 is 20.1 Å². The highest BCUT2D eigenvalue weighted by atomic mass is 16.3. The number of Topliss-reactive ketones (excluding diaryl/α,β-unsaturated/α-hetero) is 1. The Balaban J connectivity index is 1.68. The van der Waals surface area contributed by atoms with E-state index in [2.05, 4.69) is 19.9 Å². The molecule has 0 bridgehead atoms. The molecule has 4 heteroatoms. The van der Waals surface area contributed by atoms with Gasteiger partial charge in [-0.2, -0.15) is 0 Å². The van der Waals surface area contributed by atoms with Gasteiger partial charge in [0.15, 0.2) is 5.78 Å². The van der Waals surface area contributed by atoms with Gasteiger partial charge in [0.1, 0.15) is 12.2 Å². The van der Waals surface area contributed by atoms with Crippen molar-refractivity contribution in [2.24, 2.45) is 28.6 Å². The third-order valence-electron chi connectivity index (χ3n) is 8.83. The SMILES string of the molecule is C[C@]12CC[C@@H](O)CC1=CC[C@@H]1[C@@H]2CC[C@@]2(C)[C@H]1CC[C@]2(O)C(=O)CO. The van der Waals surface area contributed by atoms with Gasteiger partial charge < -0.3 is 15.3 Å². The lowest BCUT2D eigenvalue weighted by Crippen LogP contribution is -2.58. The summed E-state index contributed by atoms with van der Waals surface area (Å²) in [5, 5.41) is 30.6. The van der Waals surface area contributed by atoms with E-state index in [1.54, 1.807) is 0 Å². The highest BCUT2D eigenvalue weighted by Gasteiger charge is 2.65. The van der Waals surface area contributed by atoms with E-state index in [9.17, 15) is 20.1 Å². The lowest BCUT2D eigenvalue weighted by atomic mass is 9.46. The van der Waals surface area contributed by atoms with Gasteiger partial charge in [0.05, 0.1) is 6.10 Å². The first-order chi connectivity index (χ1) is 11.8. The van der Waals surface area contributed by atoms with Crippen LogP contribution in [0.3, 0.4) is 0 Å². The number of hydrogen-bond acceptors (Lipinski definition) is 4. The molecule has 0 unspecified atom stereocenters. The van der Waals surface area contributed by atoms with Crippen LogP contribution in [0.2, 0.25) is 0 Å². The van der Waals surface area contributed by atoms with E-state index >= 15 is 0 Å². The molecule has 4 nitrogen and oxygen atoms in total. The summed E-state index contributed by atoms with van der Waals surface area (Å²) in [4.78, 5) is 12.3. The summed E-state index contributed by atoms with van der Waals surface area (Å²) < 4.78 is 0. The van der Waals surface area contributed by atoms with Gasteiger partial charge in [0.2, 0.25) is 0 Å². The second kappa shape index (κ2) is 5.64. The van der Waals surface area contributed by atoms with Crippen molar-refractivity contribution in [3.63, 3.8) is 0 Å². The molecular formula is C21H32O4. The molecule has 140 valence electrons. The number of rotatable bonds is 2. The van der Waals surface area contributed by atoms with Crippen molar-refractivity contribution in [1.82, 2.24) is 0 Å². The van der Waals surface area contributed by atoms with Crippen LogP contribution in [-0.2, 0) is 4.79 Å². The predicted octanol–water partition coefficient (Wildman–Crippen LogP) is 2.60. The minimum atomic E-state index is -1.36. The minimum Gasteiger partial charge on any atom is -0.393 e. The topological polar surface area (TPSA) is 77.8 Å². The van der Waals surface area contributed by atoms with Crippen molar-refractivity contribution in [1.29, 1.82) is 0 Å². The van der Waals surface area contributed by atoms with Crippen molar-refractivity contribution in [2.75, 3.05) is 6.61 Å². The van der Waals surface area contributed by atoms with E-state index in [-0.39, 0.29) is 11.5 Å². The minimum absolute atomic E-state index is 0.172. The third-order valence-corrected chi connectivity index (χ3v) is 8.83. The fourth-order valence-corrected chi connectivity index (χ4v) is 7.25. The van der Waals surface area contributed by atoms with E-state index < -0.39 is 23.4 Å². The normalized spacial score (nSPS) is 52.0. The fourth-order valence-electron chi connectivity index (χ4n) is 7.25. The van der Waals surface area contributed by atoms with Crippen LogP contribution in [0.25, 0.3) is 0 Å². The Bertz CT molecular complexity index is 613. The maximum Gasteiger partial charge on any atom is 0.190 e. The van der Waals surface area contributed by atoms with Gasteiger partial charge in [0.25, 0.3) is 0 Å². The van der Waals surface area contributed by atoms with E-state index in [1.807, 2.05) is 0 Å². The highest BCUT2D eigenvalue weighted by Crippen LogP contribution is 2.67. The summed E-state index contributed by atoms with van der Waals surface area (Å²) in [5.41, 5.74) is -0.157. The molecule has 4 aliphatic rings. The van der Waals surface area contributed by atoms with Gasteiger partial charge in [-0.25, -0.2) is 0 Å². The molecule has 0 aromatic carbocycles. The Morgan fingerprint density at radius 3 is 2.60 bits per heavy atom. The highest BCUT2D eigenvalue weighted by molar-refractivity contribution is 5.89. The number of aliphatic hydroxyl groups excluding tert-OH is 2. The number of aliphatic hydroxyl groups is 3. The maximum atomic E-state index is 12.3. The van der Waals surface area contributed by atoms with Crippen LogP contribution >= 0.6 is 0 Å². The van der Waals surface area contributed by atoms with Crippen molar-refractivity contribution in [3.8, 4) is 0 Å². The van der Waals surface area contributed by atoms with Crippen LogP contribution < -0.4 is 0 Å². The van der Waals surface area contributed by atoms with Gasteiger partial charge >= 0.3 is 0 Å². The molecule has 4 aliphatic carbocycles. The van der Waals surface area contributed by atoms with Crippen LogP contribution in [0, 0.1) is 28.6 Å². The Hall–Kier alpha value is -0.710. The second-order valence-corrected chi connectivity index (χ2v) is 9.59. The summed E-state index contributed by atoms with van der Waals surface area (Å²) >= 11 is 0. The number of carbonyl (C=O) groups excluding carboxylic acids is 1. The molecule has 0 radical (unpaired) electrons. The zero-order valence-electron chi connectivity index (χ0n) is 15.5. The fraction of sp³-hybridized carbons (Fsp3) is 0.857. The molecular weight excluding hydrogens is 316 g/mol. The largest absolute Gasteiger partial charge is 0.393 e. The Morgan fingerprint density at radius 1 is 1.16 bits per heavy atom. The van der Waals surface area contributed by atoms with Crippen LogP contribution in [0.15, 0.2) is 11.6 Å². The van der Waals surface area contributed by atoms with Gasteiger partial charge in [0, 0.05) is 5.41 Å². The van der Waals surface area contributed by atoms with Crippen molar-refractivity contribution >= 4 is 5.78 Å². The molecule has 0 aromatic heterocycles. The molecule has 25 heavy (non-hydrogen) atoms. The smallest absolute Gasteiger partial charge is 0.190 e. The van der Waals surface area contributed by atoms with Gasteiger partial charge in [-0.1, -0.05) is 25.5 Å². The standard InChI is InChI=1S/C21H32O4/c1-19-8-5-14(23)11-13(19)3-4-15-16(19)6-9-20(2)17(15)7-10-21(20,25)18(24)12-22/h3,14-17,22-23,25H,4-12H2,1-2H3/t14-,15-,16+,17+,19+,20+,21+/m1/s1. The number of hydrogen-bond donors (Lipinski definition) is 3.